The maximum absolute atomic E-state index is 10.8. The number of allylic oxidation sites excluding steroid dienone is 40. The molecule has 8 aliphatic rings. The summed E-state index contributed by atoms with van der Waals surface area (Å²) in [6.45, 7) is 0. The van der Waals surface area contributed by atoms with Crippen LogP contribution >= 0.6 is 0 Å². The minimum absolute atomic E-state index is 0. The predicted octanol–water partition coefficient (Wildman–Crippen LogP) is 4.34. The topological polar surface area (TPSA) is 395 Å². The molecule has 0 aromatic heterocycles. The zero-order valence-electron chi connectivity index (χ0n) is 43.4. The van der Waals surface area contributed by atoms with E-state index >= 15 is 0 Å². The molecule has 28 heteroatoms. The summed E-state index contributed by atoms with van der Waals surface area (Å²) in [5.41, 5.74) is 18.0. The van der Waals surface area contributed by atoms with E-state index in [0.29, 0.717) is 44.6 Å². The quantitative estimate of drug-likeness (QED) is 0.0912. The van der Waals surface area contributed by atoms with Crippen LogP contribution in [0.15, 0.2) is 289 Å². The summed E-state index contributed by atoms with van der Waals surface area (Å²) >= 11 is 0. The van der Waals surface area contributed by atoms with Gasteiger partial charge in [0.05, 0.1) is 0 Å². The SMILES string of the molecule is O=C1C=CC=CC1=CNO.O=C1C=CC=CC1=CNO.O=C1C=CC=CC1=CNO.O=C1C=CC=CC1=CNO.O=C1C=CC=CC1=CNO.O=C1C=CC=CC1=CNO.O=C1C=CC=CC1=CNO.O=C1C=CC=CC1=CNO.[Fe].[Fe].[Fe].[Fe]. The Hall–Kier alpha value is -8.72. The van der Waals surface area contributed by atoms with E-state index in [-0.39, 0.29) is 115 Å². The van der Waals surface area contributed by atoms with Crippen molar-refractivity contribution in [3.05, 3.63) is 289 Å². The molecule has 16 N–H and O–H groups in total. The molecule has 0 heterocycles. The average Bonchev–Trinajstić information content (AvgIpc) is 3.46. The van der Waals surface area contributed by atoms with Crippen molar-refractivity contribution in [1.29, 1.82) is 0 Å². The largest absolute Gasteiger partial charge is 0.292 e. The van der Waals surface area contributed by atoms with Crippen molar-refractivity contribution in [2.45, 2.75) is 0 Å². The fraction of sp³-hybridized carbons (Fsp3) is 0. The van der Waals surface area contributed by atoms with Gasteiger partial charge in [0.15, 0.2) is 46.3 Å². The van der Waals surface area contributed by atoms with Gasteiger partial charge in [-0.15, -0.1) is 0 Å². The summed E-state index contributed by atoms with van der Waals surface area (Å²) in [5.74, 6) is -0.859. The molecule has 0 amide bonds. The second kappa shape index (κ2) is 52.4. The molecule has 8 rings (SSSR count). The van der Waals surface area contributed by atoms with Crippen molar-refractivity contribution in [2.24, 2.45) is 0 Å². The van der Waals surface area contributed by atoms with Crippen LogP contribution < -0.4 is 43.8 Å². The molecule has 0 saturated heterocycles. The summed E-state index contributed by atoms with van der Waals surface area (Å²) in [6.07, 6.45) is 61.3. The van der Waals surface area contributed by atoms with Crippen LogP contribution in [0.2, 0.25) is 0 Å². The summed E-state index contributed by atoms with van der Waals surface area (Å²) in [7, 11) is 0. The second-order valence-corrected chi connectivity index (χ2v) is 14.5. The average molecular weight is 1320 g/mol. The Kier molecular flexibility index (Phi) is 51.0. The molecule has 0 bridgehead atoms. The zero-order valence-corrected chi connectivity index (χ0v) is 47.8. The Bertz CT molecular complexity index is 2430. The first-order chi connectivity index (χ1) is 38.7. The van der Waals surface area contributed by atoms with Crippen LogP contribution in [0.4, 0.5) is 0 Å². The molecule has 0 fully saturated rings. The Balaban J connectivity index is -0.000000432. The molecule has 24 nitrogen and oxygen atoms in total. The number of carbonyl (C=O) groups excluding carboxylic acids is 8. The van der Waals surface area contributed by atoms with Crippen molar-refractivity contribution in [3.63, 3.8) is 0 Å². The smallest absolute Gasteiger partial charge is 0.187 e. The number of hydroxylamine groups is 8. The molecule has 8 aliphatic carbocycles. The first-order valence-corrected chi connectivity index (χ1v) is 22.7. The van der Waals surface area contributed by atoms with Crippen LogP contribution in [0.25, 0.3) is 0 Å². The van der Waals surface area contributed by atoms with Crippen molar-refractivity contribution < 1.29 is 148 Å². The number of rotatable bonds is 8. The Labute approximate surface area is 523 Å². The first-order valence-electron chi connectivity index (χ1n) is 22.7. The van der Waals surface area contributed by atoms with Crippen molar-refractivity contribution in [1.82, 2.24) is 43.8 Å². The molecular formula is C56H56Fe4N8O16. The van der Waals surface area contributed by atoms with E-state index in [0.717, 1.165) is 0 Å². The molecule has 0 radical (unpaired) electrons. The van der Waals surface area contributed by atoms with Gasteiger partial charge in [-0.3, -0.25) is 124 Å². The number of nitrogens with one attached hydrogen (secondary N) is 8. The van der Waals surface area contributed by atoms with Crippen LogP contribution in [0, 0.1) is 0 Å². The van der Waals surface area contributed by atoms with Crippen molar-refractivity contribution >= 4 is 46.3 Å². The summed E-state index contributed by atoms with van der Waals surface area (Å²) in [5, 5.41) is 65.6. The van der Waals surface area contributed by atoms with E-state index in [4.69, 9.17) is 41.7 Å². The maximum Gasteiger partial charge on any atom is 0.187 e. The van der Waals surface area contributed by atoms with E-state index in [2.05, 4.69) is 0 Å². The van der Waals surface area contributed by atoms with Gasteiger partial charge in [-0.1, -0.05) is 97.2 Å². The number of hydrogen-bond acceptors (Lipinski definition) is 24. The zero-order chi connectivity index (χ0) is 59.2. The molecule has 0 aliphatic heterocycles. The van der Waals surface area contributed by atoms with Crippen LogP contribution in [0.5, 0.6) is 0 Å². The molecule has 0 saturated carbocycles. The van der Waals surface area contributed by atoms with E-state index < -0.39 is 0 Å². The summed E-state index contributed by atoms with van der Waals surface area (Å²) in [6, 6.07) is 0. The van der Waals surface area contributed by atoms with Gasteiger partial charge < -0.3 is 0 Å². The molecule has 84 heavy (non-hydrogen) atoms. The third-order valence-corrected chi connectivity index (χ3v) is 9.11. The molecular weight excluding hydrogens is 1260 g/mol. The van der Waals surface area contributed by atoms with E-state index in [1.165, 1.54) is 98.2 Å². The standard InChI is InChI=1S/8C7H7NO2.4Fe/c8*9-7-4-2-1-3-6(7)5-8-10;;;;/h8*1-5,8,10H;;;;. The molecule has 0 spiro atoms. The normalized spacial score (nSPS) is 19.1. The Morgan fingerprint density at radius 2 is 0.262 bits per heavy atom. The summed E-state index contributed by atoms with van der Waals surface area (Å²) < 4.78 is 0. The van der Waals surface area contributed by atoms with Gasteiger partial charge in [-0.2, -0.15) is 0 Å². The first kappa shape index (κ1) is 81.7. The van der Waals surface area contributed by atoms with Gasteiger partial charge in [0, 0.05) is 162 Å². The van der Waals surface area contributed by atoms with Gasteiger partial charge >= 0.3 is 0 Å². The summed E-state index contributed by atoms with van der Waals surface area (Å²) in [4.78, 5) is 86.6. The van der Waals surface area contributed by atoms with Gasteiger partial charge in [-0.05, 0) is 97.2 Å². The molecule has 0 aromatic rings. The van der Waals surface area contributed by atoms with Gasteiger partial charge in [-0.25, -0.2) is 0 Å². The van der Waals surface area contributed by atoms with E-state index in [1.807, 2.05) is 0 Å². The predicted molar refractivity (Wildman–Crippen MR) is 290 cm³/mol. The van der Waals surface area contributed by atoms with E-state index in [1.54, 1.807) is 190 Å². The van der Waals surface area contributed by atoms with Crippen molar-refractivity contribution in [3.8, 4) is 0 Å². The Morgan fingerprint density at radius 3 is 0.333 bits per heavy atom. The number of carbonyl (C=O) groups is 8. The number of hydrogen-bond donors (Lipinski definition) is 16. The second-order valence-electron chi connectivity index (χ2n) is 14.5. The third-order valence-electron chi connectivity index (χ3n) is 9.11. The molecule has 0 aromatic carbocycles. The van der Waals surface area contributed by atoms with Crippen LogP contribution in [-0.4, -0.2) is 87.9 Å². The minimum atomic E-state index is -0.107. The van der Waals surface area contributed by atoms with Crippen LogP contribution in [-0.2, 0) is 107 Å². The fourth-order valence-electron chi connectivity index (χ4n) is 5.35. The molecule has 0 atom stereocenters. The van der Waals surface area contributed by atoms with Crippen molar-refractivity contribution in [2.75, 3.05) is 0 Å². The molecule has 0 unspecified atom stereocenters. The van der Waals surface area contributed by atoms with Crippen LogP contribution in [0.3, 0.4) is 0 Å². The van der Waals surface area contributed by atoms with E-state index in [9.17, 15) is 38.4 Å². The maximum atomic E-state index is 10.8. The fourth-order valence-corrected chi connectivity index (χ4v) is 5.35. The third kappa shape index (κ3) is 35.9. The van der Waals surface area contributed by atoms with Crippen LogP contribution in [0.1, 0.15) is 0 Å². The number of ketones is 8. The van der Waals surface area contributed by atoms with Gasteiger partial charge in [0.1, 0.15) is 0 Å². The van der Waals surface area contributed by atoms with Gasteiger partial charge in [0.25, 0.3) is 0 Å². The monoisotopic (exact) mass is 1320 g/mol. The van der Waals surface area contributed by atoms with Gasteiger partial charge in [0.2, 0.25) is 0 Å². The minimum Gasteiger partial charge on any atom is -0.292 e. The Morgan fingerprint density at radius 1 is 0.179 bits per heavy atom. The molecule has 448 valence electrons.